The van der Waals surface area contributed by atoms with E-state index in [0.717, 1.165) is 11.1 Å². The summed E-state index contributed by atoms with van der Waals surface area (Å²) >= 11 is 6.08. The van der Waals surface area contributed by atoms with Crippen LogP contribution < -0.4 is 10.6 Å². The van der Waals surface area contributed by atoms with E-state index in [1.165, 1.54) is 6.07 Å². The smallest absolute Gasteiger partial charge is 0.258 e. The average molecular weight is 436 g/mol. The number of aromatic nitrogens is 1. The molecule has 1 aromatic heterocycles. The van der Waals surface area contributed by atoms with Crippen molar-refractivity contribution < 1.29 is 9.59 Å². The molecule has 158 valence electrons. The van der Waals surface area contributed by atoms with E-state index in [4.69, 9.17) is 11.6 Å². The minimum Gasteiger partial charge on any atom is -0.321 e. The lowest BCUT2D eigenvalue weighted by molar-refractivity contribution is 0.102. The van der Waals surface area contributed by atoms with E-state index >= 15 is 0 Å². The maximum Gasteiger partial charge on any atom is 0.258 e. The van der Waals surface area contributed by atoms with Gasteiger partial charge < -0.3 is 15.6 Å². The number of benzene rings is 2. The number of carbonyl (C=O) groups excluding carboxylic acids is 2. The molecule has 2 amide bonds. The topological polar surface area (TPSA) is 86.7 Å². The molecule has 0 spiro atoms. The molecule has 3 rings (SSSR count). The van der Waals surface area contributed by atoms with Gasteiger partial charge in [-0.05, 0) is 54.4 Å². The van der Waals surface area contributed by atoms with E-state index in [-0.39, 0.29) is 11.5 Å². The molecule has 0 aliphatic carbocycles. The van der Waals surface area contributed by atoms with E-state index in [2.05, 4.69) is 20.7 Å². The van der Waals surface area contributed by atoms with Crippen LogP contribution in [0.5, 0.6) is 0 Å². The number of hydrogen-bond acceptors (Lipinski definition) is 5. The van der Waals surface area contributed by atoms with Crippen LogP contribution in [0.25, 0.3) is 0 Å². The number of halogens is 1. The zero-order chi connectivity index (χ0) is 22.4. The monoisotopic (exact) mass is 435 g/mol. The molecular formula is C23H22ClN5O2. The van der Waals surface area contributed by atoms with Gasteiger partial charge in [0.2, 0.25) is 0 Å². The van der Waals surface area contributed by atoms with Crippen LogP contribution in [0.15, 0.2) is 65.9 Å². The number of pyridine rings is 1. The number of rotatable bonds is 6. The highest BCUT2D eigenvalue weighted by atomic mass is 35.5. The van der Waals surface area contributed by atoms with Gasteiger partial charge >= 0.3 is 0 Å². The fraction of sp³-hybridized carbons (Fsp3) is 0.130. The second-order valence-corrected chi connectivity index (χ2v) is 7.47. The fourth-order valence-electron chi connectivity index (χ4n) is 2.64. The Labute approximate surface area is 185 Å². The first-order valence-electron chi connectivity index (χ1n) is 9.48. The first-order valence-corrected chi connectivity index (χ1v) is 9.86. The minimum absolute atomic E-state index is 0.234. The molecule has 2 aromatic carbocycles. The summed E-state index contributed by atoms with van der Waals surface area (Å²) in [5.74, 6) is -0.367. The number of hydrazone groups is 1. The van der Waals surface area contributed by atoms with Gasteiger partial charge in [0.05, 0.1) is 17.5 Å². The van der Waals surface area contributed by atoms with E-state index in [9.17, 15) is 9.59 Å². The van der Waals surface area contributed by atoms with Crippen LogP contribution in [0.3, 0.4) is 0 Å². The number of amides is 2. The first kappa shape index (κ1) is 22.0. The van der Waals surface area contributed by atoms with E-state index in [0.29, 0.717) is 22.1 Å². The van der Waals surface area contributed by atoms with Crippen molar-refractivity contribution in [3.05, 3.63) is 88.1 Å². The van der Waals surface area contributed by atoms with Gasteiger partial charge in [-0.1, -0.05) is 29.8 Å². The number of aryl methyl sites for hydroxylation is 1. The van der Waals surface area contributed by atoms with Gasteiger partial charge in [0.15, 0.2) is 0 Å². The fourth-order valence-corrected chi connectivity index (χ4v) is 2.81. The zero-order valence-electron chi connectivity index (χ0n) is 17.4. The number of nitrogens with one attached hydrogen (secondary N) is 2. The minimum atomic E-state index is -0.426. The molecule has 3 aromatic rings. The highest BCUT2D eigenvalue weighted by Crippen LogP contribution is 2.23. The Kier molecular flexibility index (Phi) is 6.99. The molecule has 0 saturated heterocycles. The SMILES string of the molecule is Cc1ccc(NC(=O)c2cc(Cl)ccc2NC(=O)c2ccc(C=NN(C)C)cc2)nc1. The van der Waals surface area contributed by atoms with E-state index in [1.54, 1.807) is 59.9 Å². The molecule has 2 N–H and O–H groups in total. The standard InChI is InChI=1S/C23H22ClN5O2/c1-15-4-11-21(25-13-15)28-23(31)19-12-18(24)9-10-20(19)27-22(30)17-7-5-16(6-8-17)14-26-29(2)3/h4-14H,1-3H3,(H,27,30)(H,25,28,31). The summed E-state index contributed by atoms with van der Waals surface area (Å²) in [5, 5.41) is 11.7. The summed E-state index contributed by atoms with van der Waals surface area (Å²) in [6.07, 6.45) is 3.35. The molecule has 0 radical (unpaired) electrons. The van der Waals surface area contributed by atoms with Crippen molar-refractivity contribution in [2.75, 3.05) is 24.7 Å². The van der Waals surface area contributed by atoms with Crippen LogP contribution in [0, 0.1) is 6.92 Å². The summed E-state index contributed by atoms with van der Waals surface area (Å²) in [4.78, 5) is 29.7. The molecule has 0 bridgehead atoms. The van der Waals surface area contributed by atoms with Gasteiger partial charge in [0.1, 0.15) is 5.82 Å². The highest BCUT2D eigenvalue weighted by molar-refractivity contribution is 6.31. The maximum atomic E-state index is 12.8. The van der Waals surface area contributed by atoms with Gasteiger partial charge in [0, 0.05) is 30.9 Å². The summed E-state index contributed by atoms with van der Waals surface area (Å²) in [5.41, 5.74) is 2.87. The van der Waals surface area contributed by atoms with Crippen molar-refractivity contribution in [3.63, 3.8) is 0 Å². The highest BCUT2D eigenvalue weighted by Gasteiger charge is 2.16. The van der Waals surface area contributed by atoms with Crippen molar-refractivity contribution in [2.24, 2.45) is 5.10 Å². The third kappa shape index (κ3) is 6.13. The molecule has 1 heterocycles. The summed E-state index contributed by atoms with van der Waals surface area (Å²) < 4.78 is 0. The van der Waals surface area contributed by atoms with Crippen LogP contribution in [-0.4, -0.2) is 42.1 Å². The Morgan fingerprint density at radius 3 is 2.39 bits per heavy atom. The molecule has 7 nitrogen and oxygen atoms in total. The summed E-state index contributed by atoms with van der Waals surface area (Å²) in [6.45, 7) is 1.91. The Balaban J connectivity index is 1.77. The van der Waals surface area contributed by atoms with Crippen LogP contribution in [-0.2, 0) is 0 Å². The van der Waals surface area contributed by atoms with Crippen molar-refractivity contribution in [1.29, 1.82) is 0 Å². The number of hydrogen-bond donors (Lipinski definition) is 2. The molecule has 8 heteroatoms. The van der Waals surface area contributed by atoms with Gasteiger partial charge in [0.25, 0.3) is 11.8 Å². The molecular weight excluding hydrogens is 414 g/mol. The molecule has 0 fully saturated rings. The van der Waals surface area contributed by atoms with Crippen molar-refractivity contribution in [1.82, 2.24) is 9.99 Å². The Hall–Kier alpha value is -3.71. The van der Waals surface area contributed by atoms with Gasteiger partial charge in [-0.15, -0.1) is 0 Å². The van der Waals surface area contributed by atoms with Crippen molar-refractivity contribution in [3.8, 4) is 0 Å². The Morgan fingerprint density at radius 2 is 1.74 bits per heavy atom. The van der Waals surface area contributed by atoms with Gasteiger partial charge in [-0.2, -0.15) is 5.10 Å². The van der Waals surface area contributed by atoms with Gasteiger partial charge in [-0.25, -0.2) is 4.98 Å². The Bertz CT molecular complexity index is 1110. The van der Waals surface area contributed by atoms with Crippen molar-refractivity contribution in [2.45, 2.75) is 6.92 Å². The molecule has 0 atom stereocenters. The lowest BCUT2D eigenvalue weighted by Crippen LogP contribution is -2.18. The predicted molar refractivity (Wildman–Crippen MR) is 124 cm³/mol. The van der Waals surface area contributed by atoms with Gasteiger partial charge in [-0.3, -0.25) is 9.59 Å². The average Bonchev–Trinajstić information content (AvgIpc) is 2.75. The number of nitrogens with zero attached hydrogens (tertiary/aromatic N) is 3. The van der Waals surface area contributed by atoms with Crippen LogP contribution in [0.4, 0.5) is 11.5 Å². The zero-order valence-corrected chi connectivity index (χ0v) is 18.1. The molecule has 0 unspecified atom stereocenters. The first-order chi connectivity index (χ1) is 14.8. The molecule has 0 saturated carbocycles. The quantitative estimate of drug-likeness (QED) is 0.442. The van der Waals surface area contributed by atoms with Crippen LogP contribution in [0.2, 0.25) is 5.02 Å². The lowest BCUT2D eigenvalue weighted by atomic mass is 10.1. The Morgan fingerprint density at radius 1 is 1.00 bits per heavy atom. The second-order valence-electron chi connectivity index (χ2n) is 7.03. The van der Waals surface area contributed by atoms with E-state index in [1.807, 2.05) is 27.1 Å². The summed E-state index contributed by atoms with van der Waals surface area (Å²) in [6, 6.07) is 15.2. The van der Waals surface area contributed by atoms with Crippen LogP contribution in [0.1, 0.15) is 31.8 Å². The predicted octanol–water partition coefficient (Wildman–Crippen LogP) is 4.44. The van der Waals surface area contributed by atoms with E-state index < -0.39 is 5.91 Å². The molecule has 0 aliphatic heterocycles. The maximum absolute atomic E-state index is 12.8. The van der Waals surface area contributed by atoms with Crippen LogP contribution >= 0.6 is 11.6 Å². The normalized spacial score (nSPS) is 10.7. The third-order valence-electron chi connectivity index (χ3n) is 4.24. The largest absolute Gasteiger partial charge is 0.321 e. The molecule has 31 heavy (non-hydrogen) atoms. The molecule has 0 aliphatic rings. The summed E-state index contributed by atoms with van der Waals surface area (Å²) in [7, 11) is 3.65. The van der Waals surface area contributed by atoms with Crippen molar-refractivity contribution >= 4 is 41.1 Å². The second kappa shape index (κ2) is 9.86. The number of anilines is 2. The lowest BCUT2D eigenvalue weighted by Gasteiger charge is -2.12. The number of carbonyl (C=O) groups is 2. The third-order valence-corrected chi connectivity index (χ3v) is 4.47.